The van der Waals surface area contributed by atoms with Crippen LogP contribution in [-0.4, -0.2) is 10.8 Å². The lowest BCUT2D eigenvalue weighted by Gasteiger charge is -2.30. The molecule has 0 aliphatic carbocycles. The van der Waals surface area contributed by atoms with Crippen molar-refractivity contribution in [3.8, 4) is 16.8 Å². The van der Waals surface area contributed by atoms with E-state index in [4.69, 9.17) is 0 Å². The molecule has 3 heteroatoms. The Balaban J connectivity index is 1.51. The molecule has 6 aromatic carbocycles. The van der Waals surface area contributed by atoms with E-state index in [1.807, 2.05) is 6.08 Å². The van der Waals surface area contributed by atoms with Gasteiger partial charge >= 0.3 is 0 Å². The third kappa shape index (κ3) is 5.71. The van der Waals surface area contributed by atoms with Crippen molar-refractivity contribution < 1.29 is 0 Å². The van der Waals surface area contributed by atoms with Crippen molar-refractivity contribution >= 4 is 50.5 Å². The zero-order valence-corrected chi connectivity index (χ0v) is 27.5. The Hall–Kier alpha value is -5.51. The monoisotopic (exact) mass is 624 g/mol. The molecule has 7 aromatic rings. The molecule has 2 nitrogen and oxygen atoms in total. The third-order valence-corrected chi connectivity index (χ3v) is 9.31. The molecule has 228 valence electrons. The summed E-state index contributed by atoms with van der Waals surface area (Å²) >= 11 is 1.77. The van der Waals surface area contributed by atoms with E-state index in [0.717, 1.165) is 39.5 Å². The molecule has 0 spiro atoms. The van der Waals surface area contributed by atoms with Crippen LogP contribution in [0.3, 0.4) is 0 Å². The molecule has 0 bridgehead atoms. The van der Waals surface area contributed by atoms with E-state index >= 15 is 0 Å². The van der Waals surface area contributed by atoms with Crippen LogP contribution < -0.4 is 4.90 Å². The van der Waals surface area contributed by atoms with E-state index in [1.54, 1.807) is 11.8 Å². The zero-order chi connectivity index (χ0) is 32.2. The van der Waals surface area contributed by atoms with Gasteiger partial charge in [-0.15, -0.1) is 11.8 Å². The molecule has 0 amide bonds. The Bertz CT molecular complexity index is 2240. The second-order valence-corrected chi connectivity index (χ2v) is 12.2. The number of benzene rings is 6. The number of nitrogens with zero attached hydrogens (tertiary/aromatic N) is 2. The predicted molar refractivity (Wildman–Crippen MR) is 205 cm³/mol. The van der Waals surface area contributed by atoms with Crippen molar-refractivity contribution in [3.63, 3.8) is 0 Å². The maximum Gasteiger partial charge on any atom is 0.0541 e. The van der Waals surface area contributed by atoms with Gasteiger partial charge < -0.3 is 9.47 Å². The summed E-state index contributed by atoms with van der Waals surface area (Å²) in [6, 6.07) is 54.1. The second kappa shape index (κ2) is 13.5. The van der Waals surface area contributed by atoms with Crippen molar-refractivity contribution in [2.75, 3.05) is 11.2 Å². The van der Waals surface area contributed by atoms with E-state index in [1.165, 1.54) is 32.3 Å². The summed E-state index contributed by atoms with van der Waals surface area (Å²) in [5.74, 6) is 0. The van der Waals surface area contributed by atoms with Crippen LogP contribution in [0.5, 0.6) is 0 Å². The summed E-state index contributed by atoms with van der Waals surface area (Å²) in [6.45, 7) is 6.46. The Morgan fingerprint density at radius 1 is 0.681 bits per heavy atom. The lowest BCUT2D eigenvalue weighted by Crippen LogP contribution is -2.17. The van der Waals surface area contributed by atoms with Crippen molar-refractivity contribution in [1.29, 1.82) is 0 Å². The van der Waals surface area contributed by atoms with Gasteiger partial charge in [-0.05, 0) is 91.0 Å². The number of hydrogen-bond donors (Lipinski definition) is 0. The minimum Gasteiger partial charge on any atom is -0.309 e. The topological polar surface area (TPSA) is 8.17 Å². The van der Waals surface area contributed by atoms with Crippen molar-refractivity contribution in [3.05, 3.63) is 188 Å². The van der Waals surface area contributed by atoms with Gasteiger partial charge in [0.05, 0.1) is 22.4 Å². The van der Waals surface area contributed by atoms with E-state index in [-0.39, 0.29) is 0 Å². The first-order valence-corrected chi connectivity index (χ1v) is 17.1. The molecule has 0 radical (unpaired) electrons. The Labute approximate surface area is 281 Å². The number of thioether (sulfide) groups is 1. The van der Waals surface area contributed by atoms with Gasteiger partial charge in [-0.25, -0.2) is 0 Å². The molecule has 0 atom stereocenters. The van der Waals surface area contributed by atoms with Gasteiger partial charge in [0.2, 0.25) is 0 Å². The molecule has 0 aliphatic heterocycles. The van der Waals surface area contributed by atoms with Gasteiger partial charge in [-0.2, -0.15) is 0 Å². The first-order valence-electron chi connectivity index (χ1n) is 15.9. The Kier molecular flexibility index (Phi) is 8.64. The molecule has 0 unspecified atom stereocenters. The molecule has 0 N–H and O–H groups in total. The zero-order valence-electron chi connectivity index (χ0n) is 26.7. The average molecular weight is 625 g/mol. The number of anilines is 2. The molecule has 7 rings (SSSR count). The molecule has 47 heavy (non-hydrogen) atoms. The molecule has 0 aliphatic rings. The number of rotatable bonds is 9. The summed E-state index contributed by atoms with van der Waals surface area (Å²) < 4.78 is 2.37. The van der Waals surface area contributed by atoms with Crippen LogP contribution in [0.15, 0.2) is 187 Å². The van der Waals surface area contributed by atoms with E-state index < -0.39 is 0 Å². The van der Waals surface area contributed by atoms with Gasteiger partial charge in [-0.3, -0.25) is 0 Å². The molecule has 1 heterocycles. The standard InChI is InChI=1S/C44H36N2S/c1-4-17-41(45(34-20-11-7-12-21-34)42-25-16-15-24-38(42)32-18-9-6-10-19-32)37(5-2)33-26-28-43-39(30-33)40-31-36(47-3)27-29-44(40)46(43)35-22-13-8-14-23-35/h4-31H,2H2,1,3H3/b17-4-,41-37-. The average Bonchev–Trinajstić information content (AvgIpc) is 3.46. The number of fused-ring (bicyclic) bond motifs is 3. The highest BCUT2D eigenvalue weighted by Crippen LogP contribution is 2.42. The molecule has 1 aromatic heterocycles. The molecule has 0 fully saturated rings. The first-order chi connectivity index (χ1) is 23.2. The summed E-state index contributed by atoms with van der Waals surface area (Å²) in [5.41, 5.74) is 11.3. The van der Waals surface area contributed by atoms with E-state index in [2.05, 4.69) is 193 Å². The number of hydrogen-bond acceptors (Lipinski definition) is 2. The molecular formula is C44H36N2S. The summed E-state index contributed by atoms with van der Waals surface area (Å²) in [5, 5.41) is 2.45. The smallest absolute Gasteiger partial charge is 0.0541 e. The van der Waals surface area contributed by atoms with Crippen molar-refractivity contribution in [1.82, 2.24) is 4.57 Å². The van der Waals surface area contributed by atoms with Gasteiger partial charge in [0.15, 0.2) is 0 Å². The van der Waals surface area contributed by atoms with Crippen LogP contribution in [0.4, 0.5) is 11.4 Å². The van der Waals surface area contributed by atoms with Crippen LogP contribution in [0.25, 0.3) is 44.2 Å². The predicted octanol–water partition coefficient (Wildman–Crippen LogP) is 12.5. The van der Waals surface area contributed by atoms with Crippen LogP contribution in [0, 0.1) is 0 Å². The number of para-hydroxylation sites is 3. The normalized spacial score (nSPS) is 12.0. The highest BCUT2D eigenvalue weighted by Gasteiger charge is 2.21. The molecule has 0 saturated heterocycles. The van der Waals surface area contributed by atoms with Gasteiger partial charge in [0.1, 0.15) is 0 Å². The third-order valence-electron chi connectivity index (χ3n) is 8.59. The maximum absolute atomic E-state index is 4.39. The molecule has 0 saturated carbocycles. The minimum absolute atomic E-state index is 1.05. The Morgan fingerprint density at radius 2 is 1.30 bits per heavy atom. The first kappa shape index (κ1) is 30.2. The number of allylic oxidation sites excluding steroid dienone is 4. The quantitative estimate of drug-likeness (QED) is 0.117. The largest absolute Gasteiger partial charge is 0.309 e. The van der Waals surface area contributed by atoms with E-state index in [0.29, 0.717) is 0 Å². The second-order valence-electron chi connectivity index (χ2n) is 11.3. The summed E-state index contributed by atoms with van der Waals surface area (Å²) in [6.07, 6.45) is 8.46. The van der Waals surface area contributed by atoms with Crippen LogP contribution in [-0.2, 0) is 0 Å². The fourth-order valence-corrected chi connectivity index (χ4v) is 6.92. The lowest BCUT2D eigenvalue weighted by molar-refractivity contribution is 1.18. The minimum atomic E-state index is 1.05. The highest BCUT2D eigenvalue weighted by molar-refractivity contribution is 7.98. The summed E-state index contributed by atoms with van der Waals surface area (Å²) in [4.78, 5) is 3.61. The summed E-state index contributed by atoms with van der Waals surface area (Å²) in [7, 11) is 0. The van der Waals surface area contributed by atoms with Crippen LogP contribution in [0.1, 0.15) is 12.5 Å². The van der Waals surface area contributed by atoms with Crippen LogP contribution in [0.2, 0.25) is 0 Å². The maximum atomic E-state index is 4.39. The Morgan fingerprint density at radius 3 is 1.98 bits per heavy atom. The van der Waals surface area contributed by atoms with Crippen LogP contribution >= 0.6 is 11.8 Å². The fraction of sp³-hybridized carbons (Fsp3) is 0.0455. The SMILES string of the molecule is C=C/C(=C(\C=C/C)N(c1ccccc1)c1ccccc1-c1ccccc1)c1ccc2c(c1)c1cc(SC)ccc1n2-c1ccccc1. The van der Waals surface area contributed by atoms with Gasteiger partial charge in [0.25, 0.3) is 0 Å². The van der Waals surface area contributed by atoms with Crippen molar-refractivity contribution in [2.24, 2.45) is 0 Å². The van der Waals surface area contributed by atoms with Gasteiger partial charge in [0, 0.05) is 38.2 Å². The highest BCUT2D eigenvalue weighted by atomic mass is 32.2. The lowest BCUT2D eigenvalue weighted by atomic mass is 9.97. The van der Waals surface area contributed by atoms with Gasteiger partial charge in [-0.1, -0.05) is 110 Å². The van der Waals surface area contributed by atoms with Crippen molar-refractivity contribution in [2.45, 2.75) is 11.8 Å². The number of aromatic nitrogens is 1. The fourth-order valence-electron chi connectivity index (χ4n) is 6.48. The van der Waals surface area contributed by atoms with E-state index in [9.17, 15) is 0 Å². The molecular weight excluding hydrogens is 589 g/mol.